The van der Waals surface area contributed by atoms with E-state index in [1.54, 1.807) is 0 Å². The molecule has 0 saturated heterocycles. The van der Waals surface area contributed by atoms with Gasteiger partial charge in [-0.15, -0.1) is 12.8 Å². The fourth-order valence-corrected chi connectivity index (χ4v) is 4.88. The molecule has 0 amide bonds. The quantitative estimate of drug-likeness (QED) is 0.218. The molecule has 192 valence electrons. The molecule has 1 aliphatic rings. The minimum absolute atomic E-state index is 0.245. The summed E-state index contributed by atoms with van der Waals surface area (Å²) in [5.74, 6) is 6.55. The average Bonchev–Trinajstić information content (AvgIpc) is 3.28. The van der Waals surface area contributed by atoms with Crippen molar-refractivity contribution >= 4 is 0 Å². The van der Waals surface area contributed by atoms with Crippen LogP contribution in [0.15, 0.2) is 97.1 Å². The molecule has 0 unspecified atom stereocenters. The van der Waals surface area contributed by atoms with Crippen molar-refractivity contribution in [2.45, 2.75) is 39.5 Å². The fraction of sp³-hybridized carbons (Fsp3) is 0.222. The molecule has 0 N–H and O–H groups in total. The van der Waals surface area contributed by atoms with Gasteiger partial charge < -0.3 is 9.47 Å². The molecule has 0 bridgehead atoms. The summed E-state index contributed by atoms with van der Waals surface area (Å²) in [5, 5.41) is 0. The molecule has 0 saturated carbocycles. The van der Waals surface area contributed by atoms with Crippen LogP contribution in [-0.4, -0.2) is 13.2 Å². The Kier molecular flexibility index (Phi) is 10.2. The van der Waals surface area contributed by atoms with Gasteiger partial charge in [-0.3, -0.25) is 0 Å². The Morgan fingerprint density at radius 2 is 0.921 bits per heavy atom. The zero-order valence-corrected chi connectivity index (χ0v) is 22.8. The van der Waals surface area contributed by atoms with Crippen LogP contribution in [0.2, 0.25) is 0 Å². The van der Waals surface area contributed by atoms with Gasteiger partial charge in [0.15, 0.2) is 0 Å². The molecule has 4 aromatic rings. The second-order valence-electron chi connectivity index (χ2n) is 8.58. The first-order valence-corrected chi connectivity index (χ1v) is 13.2. The van der Waals surface area contributed by atoms with E-state index in [1.165, 1.54) is 28.7 Å². The molecule has 0 fully saturated rings. The Labute approximate surface area is 228 Å². The van der Waals surface area contributed by atoms with E-state index in [9.17, 15) is 0 Å². The lowest BCUT2D eigenvalue weighted by molar-refractivity contribution is 0.370. The van der Waals surface area contributed by atoms with E-state index in [4.69, 9.17) is 22.3 Å². The van der Waals surface area contributed by atoms with E-state index < -0.39 is 5.41 Å². The summed E-state index contributed by atoms with van der Waals surface area (Å²) in [4.78, 5) is 0. The van der Waals surface area contributed by atoms with Crippen LogP contribution in [0.3, 0.4) is 0 Å². The first-order chi connectivity index (χ1) is 18.7. The van der Waals surface area contributed by atoms with Gasteiger partial charge in [0.2, 0.25) is 0 Å². The van der Waals surface area contributed by atoms with Crippen LogP contribution in [0.25, 0.3) is 11.1 Å². The average molecular weight is 501 g/mol. The Bertz CT molecular complexity index is 1270. The molecular formula is C36H36O2. The standard InChI is InChI=1S/C31H22O2.C3H8.C2H6/c1-3-21-32-25-17-13-23(14-18-25)31(24-15-19-26(20-16-24)33-22-4-2)29-11-7-5-9-27(29)28-10-6-8-12-30(28)31;1-3-2;1-2/h1-2,5-20H,21-22H2;3H2,1-2H3;1-2H3. The third-order valence-electron chi connectivity index (χ3n) is 6.17. The van der Waals surface area contributed by atoms with Crippen LogP contribution in [0, 0.1) is 24.7 Å². The highest BCUT2D eigenvalue weighted by atomic mass is 16.5. The maximum Gasteiger partial charge on any atom is 0.148 e. The van der Waals surface area contributed by atoms with Crippen molar-refractivity contribution < 1.29 is 9.47 Å². The number of hydrogen-bond acceptors (Lipinski definition) is 2. The molecule has 0 aliphatic heterocycles. The molecule has 0 spiro atoms. The van der Waals surface area contributed by atoms with Crippen LogP contribution in [0.1, 0.15) is 56.4 Å². The van der Waals surface area contributed by atoms with Gasteiger partial charge in [0.1, 0.15) is 24.7 Å². The van der Waals surface area contributed by atoms with Crippen molar-refractivity contribution in [3.05, 3.63) is 119 Å². The topological polar surface area (TPSA) is 18.5 Å². The van der Waals surface area contributed by atoms with E-state index in [-0.39, 0.29) is 13.2 Å². The largest absolute Gasteiger partial charge is 0.481 e. The van der Waals surface area contributed by atoms with Crippen LogP contribution in [0.4, 0.5) is 0 Å². The van der Waals surface area contributed by atoms with Crippen LogP contribution < -0.4 is 9.47 Å². The monoisotopic (exact) mass is 500 g/mol. The molecule has 0 aromatic heterocycles. The number of fused-ring (bicyclic) bond motifs is 3. The van der Waals surface area contributed by atoms with E-state index >= 15 is 0 Å². The van der Waals surface area contributed by atoms with Gasteiger partial charge in [0, 0.05) is 0 Å². The summed E-state index contributed by atoms with van der Waals surface area (Å²) in [7, 11) is 0. The van der Waals surface area contributed by atoms with Gasteiger partial charge >= 0.3 is 0 Å². The molecule has 5 rings (SSSR count). The Hall–Kier alpha value is -4.40. The SMILES string of the molecule is C#CCOc1ccc(C2(c3ccc(OCC#C)cc3)c3ccccc3-c3ccccc32)cc1.CC.CCC. The highest BCUT2D eigenvalue weighted by Gasteiger charge is 2.45. The van der Waals surface area contributed by atoms with Crippen molar-refractivity contribution in [3.63, 3.8) is 0 Å². The summed E-state index contributed by atoms with van der Waals surface area (Å²) in [6.45, 7) is 8.74. The number of ether oxygens (including phenoxy) is 2. The highest BCUT2D eigenvalue weighted by Crippen LogP contribution is 2.56. The second kappa shape index (κ2) is 13.8. The van der Waals surface area contributed by atoms with Gasteiger partial charge in [-0.1, -0.05) is 119 Å². The van der Waals surface area contributed by atoms with E-state index in [0.717, 1.165) is 22.6 Å². The van der Waals surface area contributed by atoms with E-state index in [1.807, 2.05) is 38.1 Å². The molecular weight excluding hydrogens is 464 g/mol. The number of terminal acetylenes is 2. The van der Waals surface area contributed by atoms with Crippen molar-refractivity contribution in [2.24, 2.45) is 0 Å². The van der Waals surface area contributed by atoms with Crippen LogP contribution in [0.5, 0.6) is 11.5 Å². The zero-order valence-electron chi connectivity index (χ0n) is 22.8. The Balaban J connectivity index is 0.000000748. The minimum atomic E-state index is -0.470. The molecule has 0 heterocycles. The fourth-order valence-electron chi connectivity index (χ4n) is 4.88. The second-order valence-corrected chi connectivity index (χ2v) is 8.58. The molecule has 4 aromatic carbocycles. The van der Waals surface area contributed by atoms with Crippen molar-refractivity contribution in [3.8, 4) is 47.3 Å². The van der Waals surface area contributed by atoms with Crippen molar-refractivity contribution in [1.29, 1.82) is 0 Å². The minimum Gasteiger partial charge on any atom is -0.481 e. The first kappa shape index (κ1) is 28.2. The lowest BCUT2D eigenvalue weighted by Gasteiger charge is -2.34. The zero-order chi connectivity index (χ0) is 27.4. The summed E-state index contributed by atoms with van der Waals surface area (Å²) in [5.41, 5.74) is 6.83. The highest BCUT2D eigenvalue weighted by molar-refractivity contribution is 5.86. The van der Waals surface area contributed by atoms with Crippen molar-refractivity contribution in [1.82, 2.24) is 0 Å². The molecule has 2 nitrogen and oxygen atoms in total. The maximum absolute atomic E-state index is 5.63. The summed E-state index contributed by atoms with van der Waals surface area (Å²) in [6.07, 6.45) is 12.0. The van der Waals surface area contributed by atoms with Gasteiger partial charge in [0.25, 0.3) is 0 Å². The van der Waals surface area contributed by atoms with Gasteiger partial charge in [-0.25, -0.2) is 0 Å². The van der Waals surface area contributed by atoms with Gasteiger partial charge in [0.05, 0.1) is 5.41 Å². The van der Waals surface area contributed by atoms with Gasteiger partial charge in [-0.2, -0.15) is 0 Å². The molecule has 0 atom stereocenters. The summed E-state index contributed by atoms with van der Waals surface area (Å²) >= 11 is 0. The molecule has 2 heteroatoms. The third-order valence-corrected chi connectivity index (χ3v) is 6.17. The van der Waals surface area contributed by atoms with Crippen molar-refractivity contribution in [2.75, 3.05) is 13.2 Å². The van der Waals surface area contributed by atoms with Crippen LogP contribution >= 0.6 is 0 Å². The summed E-state index contributed by atoms with van der Waals surface area (Å²) < 4.78 is 11.3. The normalized spacial score (nSPS) is 11.6. The Morgan fingerprint density at radius 1 is 0.579 bits per heavy atom. The molecule has 1 aliphatic carbocycles. The number of benzene rings is 4. The number of hydrogen-bond donors (Lipinski definition) is 0. The van der Waals surface area contributed by atoms with E-state index in [0.29, 0.717) is 0 Å². The lowest BCUT2D eigenvalue weighted by atomic mass is 9.68. The Morgan fingerprint density at radius 3 is 1.26 bits per heavy atom. The first-order valence-electron chi connectivity index (χ1n) is 13.2. The maximum atomic E-state index is 5.63. The molecule has 0 radical (unpaired) electrons. The predicted octanol–water partition coefficient (Wildman–Crippen LogP) is 8.52. The number of rotatable bonds is 6. The smallest absolute Gasteiger partial charge is 0.148 e. The third kappa shape index (κ3) is 5.46. The van der Waals surface area contributed by atoms with Gasteiger partial charge in [-0.05, 0) is 57.6 Å². The lowest BCUT2D eigenvalue weighted by Crippen LogP contribution is -2.28. The van der Waals surface area contributed by atoms with E-state index in [2.05, 4.69) is 98.5 Å². The summed E-state index contributed by atoms with van der Waals surface area (Å²) in [6, 6.07) is 33.7. The van der Waals surface area contributed by atoms with Crippen LogP contribution in [-0.2, 0) is 5.41 Å². The predicted molar refractivity (Wildman–Crippen MR) is 160 cm³/mol. The molecule has 38 heavy (non-hydrogen) atoms.